The van der Waals surface area contributed by atoms with Crippen molar-refractivity contribution in [2.24, 2.45) is 0 Å². The van der Waals surface area contributed by atoms with E-state index in [0.29, 0.717) is 0 Å². The number of alkyl halides is 8. The molecule has 0 bridgehead atoms. The van der Waals surface area contributed by atoms with E-state index in [0.717, 1.165) is 0 Å². The Kier molecular flexibility index (Phi) is 2.32. The number of rotatable bonds is 0. The van der Waals surface area contributed by atoms with E-state index < -0.39 is 35.3 Å². The molecule has 1 aliphatic carbocycles. The molecule has 0 saturated carbocycles. The fourth-order valence-electron chi connectivity index (χ4n) is 1.18. The maximum absolute atomic E-state index is 12.7. The van der Waals surface area contributed by atoms with Crippen molar-refractivity contribution in [1.29, 1.82) is 0 Å². The SMILES string of the molecule is FC1=C(F)[C@](F)(C(F)(F)F)[C@]1(F)C(F)(F)F. The first kappa shape index (κ1) is 13.1. The van der Waals surface area contributed by atoms with Gasteiger partial charge < -0.3 is 0 Å². The Morgan fingerprint density at radius 2 is 0.812 bits per heavy atom. The molecule has 0 unspecified atom stereocenters. The van der Waals surface area contributed by atoms with Crippen LogP contribution in [0, 0.1) is 0 Å². The fraction of sp³-hybridized carbons (Fsp3) is 0.667. The minimum Gasteiger partial charge on any atom is -0.221 e. The first-order valence-electron chi connectivity index (χ1n) is 3.39. The molecular weight excluding hydrogens is 262 g/mol. The Morgan fingerprint density at radius 1 is 0.625 bits per heavy atom. The van der Waals surface area contributed by atoms with Crippen molar-refractivity contribution in [3.05, 3.63) is 11.7 Å². The van der Waals surface area contributed by atoms with Crippen LogP contribution in [0.15, 0.2) is 11.7 Å². The zero-order valence-corrected chi connectivity index (χ0v) is 6.78. The minimum atomic E-state index is -6.56. The molecular formula is C6F10. The zero-order valence-electron chi connectivity index (χ0n) is 6.78. The summed E-state index contributed by atoms with van der Waals surface area (Å²) in [4.78, 5) is 0. The van der Waals surface area contributed by atoms with Crippen LogP contribution in [0.4, 0.5) is 43.9 Å². The summed E-state index contributed by atoms with van der Waals surface area (Å²) in [6.07, 6.45) is -13.1. The van der Waals surface area contributed by atoms with Crippen LogP contribution in [0.5, 0.6) is 0 Å². The lowest BCUT2D eigenvalue weighted by Crippen LogP contribution is -2.71. The topological polar surface area (TPSA) is 0 Å². The molecule has 1 rings (SSSR count). The highest BCUT2D eigenvalue weighted by Crippen LogP contribution is 2.66. The van der Waals surface area contributed by atoms with Gasteiger partial charge in [-0.2, -0.15) is 26.3 Å². The molecule has 0 nitrogen and oxygen atoms in total. The van der Waals surface area contributed by atoms with Crippen molar-refractivity contribution in [2.75, 3.05) is 0 Å². The van der Waals surface area contributed by atoms with Crippen LogP contribution in [-0.2, 0) is 0 Å². The standard InChI is InChI=1S/C6F10/c7-1-2(8)4(10,6(14,15)16)3(1,9)5(11,12)13/t3-,4+. The molecule has 0 heterocycles. The van der Waals surface area contributed by atoms with Gasteiger partial charge in [0.15, 0.2) is 11.7 Å². The summed E-state index contributed by atoms with van der Waals surface area (Å²) in [6.45, 7) is 0. The molecule has 0 aliphatic heterocycles. The molecule has 94 valence electrons. The Bertz CT molecular complexity index is 313. The molecule has 2 atom stereocenters. The maximum Gasteiger partial charge on any atom is 0.433 e. The molecule has 0 radical (unpaired) electrons. The third-order valence-corrected chi connectivity index (χ3v) is 2.05. The van der Waals surface area contributed by atoms with Gasteiger partial charge in [-0.15, -0.1) is 0 Å². The third-order valence-electron chi connectivity index (χ3n) is 2.05. The molecule has 0 aromatic rings. The Labute approximate surface area is 80.5 Å². The second-order valence-electron chi connectivity index (χ2n) is 2.94. The van der Waals surface area contributed by atoms with Gasteiger partial charge in [-0.1, -0.05) is 0 Å². The second-order valence-corrected chi connectivity index (χ2v) is 2.94. The van der Waals surface area contributed by atoms with Gasteiger partial charge in [-0.25, -0.2) is 17.6 Å². The van der Waals surface area contributed by atoms with Gasteiger partial charge in [0.05, 0.1) is 0 Å². The van der Waals surface area contributed by atoms with Crippen LogP contribution in [0.25, 0.3) is 0 Å². The fourth-order valence-corrected chi connectivity index (χ4v) is 1.18. The van der Waals surface area contributed by atoms with Crippen LogP contribution in [0.2, 0.25) is 0 Å². The molecule has 0 aromatic carbocycles. The first-order chi connectivity index (χ1) is 6.82. The van der Waals surface area contributed by atoms with Crippen LogP contribution in [0.3, 0.4) is 0 Å². The highest BCUT2D eigenvalue weighted by Gasteiger charge is 2.90. The first-order valence-corrected chi connectivity index (χ1v) is 3.39. The van der Waals surface area contributed by atoms with Crippen molar-refractivity contribution in [3.8, 4) is 0 Å². The quantitative estimate of drug-likeness (QED) is 0.584. The number of halogens is 10. The maximum atomic E-state index is 12.7. The average molecular weight is 262 g/mol. The Morgan fingerprint density at radius 3 is 0.938 bits per heavy atom. The molecule has 0 amide bonds. The van der Waals surface area contributed by atoms with Crippen molar-refractivity contribution >= 4 is 0 Å². The van der Waals surface area contributed by atoms with Gasteiger partial charge in [0.25, 0.3) is 0 Å². The van der Waals surface area contributed by atoms with Crippen molar-refractivity contribution in [1.82, 2.24) is 0 Å². The van der Waals surface area contributed by atoms with Gasteiger partial charge in [-0.05, 0) is 0 Å². The van der Waals surface area contributed by atoms with E-state index >= 15 is 0 Å². The van der Waals surface area contributed by atoms with Crippen LogP contribution in [0.1, 0.15) is 0 Å². The van der Waals surface area contributed by atoms with Gasteiger partial charge in [-0.3, -0.25) is 0 Å². The molecule has 16 heavy (non-hydrogen) atoms. The van der Waals surface area contributed by atoms with E-state index in [1.54, 1.807) is 0 Å². The van der Waals surface area contributed by atoms with Crippen molar-refractivity contribution in [2.45, 2.75) is 23.7 Å². The lowest BCUT2D eigenvalue weighted by atomic mass is 9.72. The summed E-state index contributed by atoms with van der Waals surface area (Å²) < 4.78 is 120. The second kappa shape index (κ2) is 2.83. The lowest BCUT2D eigenvalue weighted by Gasteiger charge is -2.45. The van der Waals surface area contributed by atoms with Gasteiger partial charge in [0, 0.05) is 0 Å². The third kappa shape index (κ3) is 1.07. The van der Waals surface area contributed by atoms with Crippen molar-refractivity contribution < 1.29 is 43.9 Å². The highest BCUT2D eigenvalue weighted by molar-refractivity contribution is 5.46. The molecule has 0 aromatic heterocycles. The van der Waals surface area contributed by atoms with Gasteiger partial charge >= 0.3 is 23.7 Å². The molecule has 10 heteroatoms. The summed E-state index contributed by atoms with van der Waals surface area (Å²) in [6, 6.07) is 0. The predicted molar refractivity (Wildman–Crippen MR) is 29.0 cm³/mol. The number of allylic oxidation sites excluding steroid dienone is 2. The lowest BCUT2D eigenvalue weighted by molar-refractivity contribution is -0.345. The zero-order chi connectivity index (χ0) is 13.2. The van der Waals surface area contributed by atoms with E-state index in [2.05, 4.69) is 0 Å². The van der Waals surface area contributed by atoms with Crippen LogP contribution in [-0.4, -0.2) is 23.7 Å². The van der Waals surface area contributed by atoms with Gasteiger partial charge in [0.2, 0.25) is 0 Å². The van der Waals surface area contributed by atoms with Gasteiger partial charge in [0.1, 0.15) is 0 Å². The summed E-state index contributed by atoms with van der Waals surface area (Å²) in [5.41, 5.74) is -12.1. The largest absolute Gasteiger partial charge is 0.433 e. The van der Waals surface area contributed by atoms with E-state index in [9.17, 15) is 43.9 Å². The molecule has 1 aliphatic rings. The van der Waals surface area contributed by atoms with E-state index in [1.807, 2.05) is 0 Å². The average Bonchev–Trinajstić information content (AvgIpc) is 2.09. The predicted octanol–water partition coefficient (Wildman–Crippen LogP) is 3.69. The minimum absolute atomic E-state index is 3.44. The Balaban J connectivity index is 3.46. The Hall–Kier alpha value is -0.960. The van der Waals surface area contributed by atoms with Crippen LogP contribution < -0.4 is 0 Å². The number of hydrogen-bond acceptors (Lipinski definition) is 0. The highest BCUT2D eigenvalue weighted by atomic mass is 19.4. The molecule has 0 spiro atoms. The van der Waals surface area contributed by atoms with E-state index in [-0.39, 0.29) is 0 Å². The van der Waals surface area contributed by atoms with E-state index in [1.165, 1.54) is 0 Å². The smallest absolute Gasteiger partial charge is 0.221 e. The monoisotopic (exact) mass is 262 g/mol. The summed E-state index contributed by atoms with van der Waals surface area (Å²) in [7, 11) is 0. The number of hydrogen-bond donors (Lipinski definition) is 0. The molecule has 0 fully saturated rings. The molecule has 0 saturated heterocycles. The molecule has 0 N–H and O–H groups in total. The summed E-state index contributed by atoms with van der Waals surface area (Å²) in [5.74, 6) is -6.89. The van der Waals surface area contributed by atoms with Crippen molar-refractivity contribution in [3.63, 3.8) is 0 Å². The summed E-state index contributed by atoms with van der Waals surface area (Å²) in [5, 5.41) is 0. The summed E-state index contributed by atoms with van der Waals surface area (Å²) >= 11 is 0. The normalized spacial score (nSPS) is 36.4. The van der Waals surface area contributed by atoms with Crippen LogP contribution >= 0.6 is 0 Å². The van der Waals surface area contributed by atoms with E-state index in [4.69, 9.17) is 0 Å².